The van der Waals surface area contributed by atoms with E-state index in [2.05, 4.69) is 26.1 Å². The highest BCUT2D eigenvalue weighted by atomic mass is 32.2. The third-order valence-electron chi connectivity index (χ3n) is 0.440. The summed E-state index contributed by atoms with van der Waals surface area (Å²) in [4.78, 5) is 0. The predicted octanol–water partition coefficient (Wildman–Crippen LogP) is 2.14. The van der Waals surface area contributed by atoms with Crippen molar-refractivity contribution in [2.75, 3.05) is 17.6 Å². The van der Waals surface area contributed by atoms with E-state index in [1.165, 1.54) is 0 Å². The van der Waals surface area contributed by atoms with E-state index < -0.39 is 0 Å². The average Bonchev–Trinajstić information content (AvgIpc) is 2.04. The Labute approximate surface area is 85.5 Å². The molecule has 0 aliphatic heterocycles. The van der Waals surface area contributed by atoms with Crippen molar-refractivity contribution in [3.8, 4) is 0 Å². The number of aliphatic hydroxyl groups excluding tert-OH is 2. The fourth-order valence-electron chi connectivity index (χ4n) is 0.209. The van der Waals surface area contributed by atoms with Crippen LogP contribution in [0.4, 0.5) is 0 Å². The lowest BCUT2D eigenvalue weighted by molar-refractivity contribution is 0.375. The molecule has 0 fully saturated rings. The summed E-state index contributed by atoms with van der Waals surface area (Å²) in [7, 11) is 0. The van der Waals surface area contributed by atoms with Gasteiger partial charge in [0.1, 0.15) is 0 Å². The summed E-state index contributed by atoms with van der Waals surface area (Å²) in [6.07, 6.45) is 2.91. The van der Waals surface area contributed by atoms with E-state index in [9.17, 15) is 0 Å². The first-order chi connectivity index (χ1) is 5.74. The average molecular weight is 212 g/mol. The molecule has 4 heteroatoms. The van der Waals surface area contributed by atoms with Gasteiger partial charge in [-0.2, -0.15) is 12.6 Å². The highest BCUT2D eigenvalue weighted by molar-refractivity contribution is 7.99. The Morgan fingerprint density at radius 1 is 1.50 bits per heavy atom. The van der Waals surface area contributed by atoms with Crippen molar-refractivity contribution in [2.24, 2.45) is 0 Å². The van der Waals surface area contributed by atoms with Crippen LogP contribution in [0.2, 0.25) is 0 Å². The molecule has 0 saturated carbocycles. The normalized spacial score (nSPS) is 7.08. The van der Waals surface area contributed by atoms with E-state index in [1.54, 1.807) is 17.8 Å². The van der Waals surface area contributed by atoms with Crippen molar-refractivity contribution in [1.82, 2.24) is 0 Å². The molecule has 76 valence electrons. The van der Waals surface area contributed by atoms with E-state index in [0.29, 0.717) is 0 Å². The molecular formula is C8H20O2S2. The maximum atomic E-state index is 8.16. The van der Waals surface area contributed by atoms with Crippen LogP contribution in [0, 0.1) is 0 Å². The summed E-state index contributed by atoms with van der Waals surface area (Å²) in [5.74, 6) is 1.30. The van der Waals surface area contributed by atoms with Crippen molar-refractivity contribution in [2.45, 2.75) is 20.3 Å². The zero-order valence-corrected chi connectivity index (χ0v) is 9.57. The second-order valence-corrected chi connectivity index (χ2v) is 2.94. The highest BCUT2D eigenvalue weighted by Gasteiger charge is 1.75. The molecular weight excluding hydrogens is 192 g/mol. The van der Waals surface area contributed by atoms with Gasteiger partial charge in [0.2, 0.25) is 0 Å². The van der Waals surface area contributed by atoms with Crippen LogP contribution >= 0.6 is 24.4 Å². The zero-order chi connectivity index (χ0) is 10.2. The first-order valence-corrected chi connectivity index (χ1v) is 5.51. The molecule has 0 radical (unpaired) electrons. The Hall–Kier alpha value is 0.360. The molecule has 12 heavy (non-hydrogen) atoms. The maximum absolute atomic E-state index is 8.16. The second kappa shape index (κ2) is 30.1. The largest absolute Gasteiger partial charge is 0.386 e. The van der Waals surface area contributed by atoms with Crippen LogP contribution in [-0.2, 0) is 0 Å². The predicted molar refractivity (Wildman–Crippen MR) is 61.8 cm³/mol. The topological polar surface area (TPSA) is 40.5 Å². The molecule has 0 aromatic heterocycles. The third-order valence-corrected chi connectivity index (χ3v) is 1.32. The molecule has 0 rings (SSSR count). The minimum atomic E-state index is -0.0556. The lowest BCUT2D eigenvalue weighted by Crippen LogP contribution is -1.75. The van der Waals surface area contributed by atoms with Crippen molar-refractivity contribution >= 4 is 24.4 Å². The van der Waals surface area contributed by atoms with Gasteiger partial charge in [-0.15, -0.1) is 18.3 Å². The summed E-state index contributed by atoms with van der Waals surface area (Å²) >= 11 is 4.91. The quantitative estimate of drug-likeness (QED) is 0.290. The summed E-state index contributed by atoms with van der Waals surface area (Å²) in [6.45, 7) is 7.35. The molecule has 0 aromatic rings. The van der Waals surface area contributed by atoms with Gasteiger partial charge >= 0.3 is 0 Å². The monoisotopic (exact) mass is 212 g/mol. The van der Waals surface area contributed by atoms with Gasteiger partial charge < -0.3 is 10.2 Å². The molecule has 0 heterocycles. The molecule has 0 spiro atoms. The third kappa shape index (κ3) is 80.4. The first kappa shape index (κ1) is 18.2. The maximum Gasteiger partial charge on any atom is 0.0885 e. The number of hydrogen-bond donors (Lipinski definition) is 3. The zero-order valence-electron chi connectivity index (χ0n) is 7.86. The molecule has 0 unspecified atom stereocenters. The smallest absolute Gasteiger partial charge is 0.0885 e. The Morgan fingerprint density at radius 3 is 1.92 bits per heavy atom. The van der Waals surface area contributed by atoms with Gasteiger partial charge in [0.05, 0.1) is 11.9 Å². The van der Waals surface area contributed by atoms with Crippen LogP contribution in [0.15, 0.2) is 12.7 Å². The van der Waals surface area contributed by atoms with Gasteiger partial charge in [-0.05, 0) is 19.1 Å². The Balaban J connectivity index is -0.000000115. The van der Waals surface area contributed by atoms with Gasteiger partial charge in [-0.3, -0.25) is 0 Å². The van der Waals surface area contributed by atoms with Crippen LogP contribution in [-0.4, -0.2) is 27.8 Å². The minimum Gasteiger partial charge on any atom is -0.386 e. The number of rotatable bonds is 3. The standard InChI is InChI=1S/C4H10OS.C3H6.CH4OS/c1-2-3-6-4-5;1-3-2;2-1-3/h5H,2-4H2,1H3;3H,1H2,2H3;2-3H,1H2. The molecule has 0 aliphatic rings. The van der Waals surface area contributed by atoms with Gasteiger partial charge in [-0.1, -0.05) is 13.0 Å². The first-order valence-electron chi connectivity index (χ1n) is 3.72. The SMILES string of the molecule is C=CC.CCCSCO.OCS. The Kier molecular flexibility index (Phi) is 45.7. The number of hydrogen-bond acceptors (Lipinski definition) is 4. The number of allylic oxidation sites excluding steroid dienone is 1. The molecule has 0 aromatic carbocycles. The number of thioether (sulfide) groups is 1. The van der Waals surface area contributed by atoms with Gasteiger partial charge in [0, 0.05) is 0 Å². The molecule has 2 nitrogen and oxygen atoms in total. The minimum absolute atomic E-state index is 0.0556. The summed E-state index contributed by atoms with van der Waals surface area (Å²) < 4.78 is 0. The highest BCUT2D eigenvalue weighted by Crippen LogP contribution is 1.96. The van der Waals surface area contributed by atoms with Crippen molar-refractivity contribution in [1.29, 1.82) is 0 Å². The van der Waals surface area contributed by atoms with E-state index in [-0.39, 0.29) is 11.9 Å². The van der Waals surface area contributed by atoms with Crippen LogP contribution in [0.1, 0.15) is 20.3 Å². The van der Waals surface area contributed by atoms with Crippen LogP contribution < -0.4 is 0 Å². The van der Waals surface area contributed by atoms with Crippen molar-refractivity contribution < 1.29 is 10.2 Å². The second-order valence-electron chi connectivity index (χ2n) is 1.59. The molecule has 0 saturated heterocycles. The van der Waals surface area contributed by atoms with Gasteiger partial charge in [0.15, 0.2) is 0 Å². The Bertz CT molecular complexity index is 57.0. The Morgan fingerprint density at radius 2 is 1.83 bits per heavy atom. The van der Waals surface area contributed by atoms with Crippen LogP contribution in [0.5, 0.6) is 0 Å². The van der Waals surface area contributed by atoms with Crippen molar-refractivity contribution in [3.05, 3.63) is 12.7 Å². The van der Waals surface area contributed by atoms with Crippen LogP contribution in [0.25, 0.3) is 0 Å². The lowest BCUT2D eigenvalue weighted by atomic mass is 10.6. The summed E-state index contributed by atoms with van der Waals surface area (Å²) in [5.41, 5.74) is 0. The van der Waals surface area contributed by atoms with E-state index >= 15 is 0 Å². The van der Waals surface area contributed by atoms with Gasteiger partial charge in [0.25, 0.3) is 0 Å². The van der Waals surface area contributed by atoms with Crippen molar-refractivity contribution in [3.63, 3.8) is 0 Å². The van der Waals surface area contributed by atoms with E-state index in [4.69, 9.17) is 10.2 Å². The molecule has 0 amide bonds. The van der Waals surface area contributed by atoms with Gasteiger partial charge in [-0.25, -0.2) is 0 Å². The van der Waals surface area contributed by atoms with Crippen LogP contribution in [0.3, 0.4) is 0 Å². The van der Waals surface area contributed by atoms with E-state index in [0.717, 1.165) is 12.2 Å². The lowest BCUT2D eigenvalue weighted by Gasteiger charge is -1.86. The summed E-state index contributed by atoms with van der Waals surface area (Å²) in [5, 5.41) is 15.6. The number of thiol groups is 1. The fraction of sp³-hybridized carbons (Fsp3) is 0.750. The fourth-order valence-corrected chi connectivity index (χ4v) is 0.627. The molecule has 0 atom stereocenters. The number of aliphatic hydroxyl groups is 2. The molecule has 0 bridgehead atoms. The molecule has 2 N–H and O–H groups in total. The van der Waals surface area contributed by atoms with E-state index in [1.807, 2.05) is 6.92 Å². The molecule has 0 aliphatic carbocycles. The summed E-state index contributed by atoms with van der Waals surface area (Å²) in [6, 6.07) is 0.